The van der Waals surface area contributed by atoms with E-state index in [1.807, 2.05) is 0 Å². The van der Waals surface area contributed by atoms with Gasteiger partial charge in [-0.05, 0) is 231 Å². The molecular weight excluding hydrogens is 1660 g/mol. The molecule has 15 heteroatoms. The summed E-state index contributed by atoms with van der Waals surface area (Å²) in [6.45, 7) is 13.5. The Morgan fingerprint density at radius 2 is 0.220 bits per heavy atom. The maximum Gasteiger partial charge on any atom is 2.00 e. The van der Waals surface area contributed by atoms with Crippen molar-refractivity contribution < 1.29 is 110 Å². The first-order chi connectivity index (χ1) is 58.6. The second-order valence-electron chi connectivity index (χ2n) is 34.2. The molecule has 0 spiro atoms. The Kier molecular flexibility index (Phi) is 150. The van der Waals surface area contributed by atoms with E-state index in [1.54, 1.807) is 0 Å². The van der Waals surface area contributed by atoms with E-state index in [0.717, 1.165) is 116 Å². The number of unbranched alkanes of at least 4 members (excludes halogenated alkanes) is 66. The molecule has 2 radical (unpaired) electrons. The van der Waals surface area contributed by atoms with E-state index in [1.165, 1.54) is 385 Å². The van der Waals surface area contributed by atoms with Gasteiger partial charge in [-0.25, -0.2) is 0 Å². The summed E-state index contributed by atoms with van der Waals surface area (Å²) >= 11 is 0. The van der Waals surface area contributed by atoms with Crippen LogP contribution in [-0.4, -0.2) is 35.8 Å². The van der Waals surface area contributed by atoms with E-state index < -0.39 is 35.8 Å². The van der Waals surface area contributed by atoms with Gasteiger partial charge in [0.1, 0.15) is 0 Å². The van der Waals surface area contributed by atoms with Gasteiger partial charge in [0.05, 0.1) is 0 Å². The molecule has 726 valence electrons. The van der Waals surface area contributed by atoms with Crippen LogP contribution >= 0.6 is 0 Å². The number of aliphatic carboxylic acids is 6. The Hall–Kier alpha value is -3.19. The van der Waals surface area contributed by atoms with Crippen LogP contribution in [0.5, 0.6) is 0 Å². The van der Waals surface area contributed by atoms with Crippen molar-refractivity contribution in [2.24, 2.45) is 0 Å². The second-order valence-corrected chi connectivity index (χ2v) is 34.2. The van der Waals surface area contributed by atoms with Crippen molar-refractivity contribution in [1.82, 2.24) is 0 Å². The van der Waals surface area contributed by atoms with Gasteiger partial charge in [-0.1, -0.05) is 423 Å². The van der Waals surface area contributed by atoms with Crippen LogP contribution in [0.2, 0.25) is 0 Å². The summed E-state index contributed by atoms with van der Waals surface area (Å²) in [5.41, 5.74) is 0. The number of allylic oxidation sites excluding steroid dienone is 12. The average molecular weight is 1860 g/mol. The van der Waals surface area contributed by atoms with Crippen LogP contribution < -0.4 is 30.6 Å². The summed E-state index contributed by atoms with van der Waals surface area (Å²) in [4.78, 5) is 61.3. The summed E-state index contributed by atoms with van der Waals surface area (Å²) < 4.78 is 0. The molecule has 0 heterocycles. The van der Waals surface area contributed by atoms with Gasteiger partial charge in [0.15, 0.2) is 0 Å². The second kappa shape index (κ2) is 134. The van der Waals surface area contributed by atoms with Crippen LogP contribution in [0.1, 0.15) is 581 Å². The third-order valence-electron chi connectivity index (χ3n) is 21.9. The first-order valence-electron chi connectivity index (χ1n) is 51.7. The number of hydrogen-bond donors (Lipinski definition) is 0. The molecule has 0 aliphatic heterocycles. The zero-order valence-electron chi connectivity index (χ0n) is 81.3. The van der Waals surface area contributed by atoms with Crippen molar-refractivity contribution in [3.8, 4) is 0 Å². The Balaban J connectivity index is -0.000000180. The standard InChI is InChI=1S/6C18H34O2.Co.Fe.Mn/c6*1-2-3-4-5-6-7-8-9-10-11-12-13-14-15-16-17-18(19)20;;;/h6*9-10H,2-8,11-17H2,1H3,(H,19,20);;;/q;;;;;;3*+2/p-6/b6*10-9-;;;. The number of rotatable bonds is 90. The minimum absolute atomic E-state index is 0. The topological polar surface area (TPSA) is 241 Å². The van der Waals surface area contributed by atoms with Crippen LogP contribution in [0.15, 0.2) is 72.9 Å². The van der Waals surface area contributed by atoms with Crippen molar-refractivity contribution in [2.75, 3.05) is 0 Å². The predicted molar refractivity (Wildman–Crippen MR) is 507 cm³/mol. The molecule has 0 aromatic rings. The smallest absolute Gasteiger partial charge is 0.550 e. The zero-order chi connectivity index (χ0) is 89.3. The molecule has 0 bridgehead atoms. The number of hydrogen-bond acceptors (Lipinski definition) is 12. The van der Waals surface area contributed by atoms with Gasteiger partial charge >= 0.3 is 50.9 Å². The van der Waals surface area contributed by atoms with E-state index in [2.05, 4.69) is 114 Å². The molecule has 0 fully saturated rings. The monoisotopic (exact) mass is 1860 g/mol. The fourth-order valence-electron chi connectivity index (χ4n) is 14.0. The van der Waals surface area contributed by atoms with Crippen molar-refractivity contribution in [3.05, 3.63) is 72.9 Å². The van der Waals surface area contributed by atoms with Gasteiger partial charge in [0.2, 0.25) is 0 Å². The SMILES string of the molecule is CCCCCCCC/C=C\CCCCCCCC(=O)[O-].CCCCCCCC/C=C\CCCCCCCC(=O)[O-].CCCCCCCC/C=C\CCCCCCCC(=O)[O-].CCCCCCCC/C=C\CCCCCCCC(=O)[O-].CCCCCCCC/C=C\CCCCCCCC(=O)[O-].CCCCCCCC/C=C\CCCCCCCC(=O)[O-].[Co+2].[Fe+2].[Mn+2]. The Morgan fingerprint density at radius 3 is 0.301 bits per heavy atom. The van der Waals surface area contributed by atoms with Crippen molar-refractivity contribution >= 4 is 35.8 Å². The summed E-state index contributed by atoms with van der Waals surface area (Å²) in [6.07, 6.45) is 125. The molecule has 123 heavy (non-hydrogen) atoms. The summed E-state index contributed by atoms with van der Waals surface area (Å²) in [7, 11) is 0. The predicted octanol–water partition coefficient (Wildman–Crippen LogP) is 28.6. The van der Waals surface area contributed by atoms with Gasteiger partial charge in [-0.2, -0.15) is 0 Å². The molecule has 0 N–H and O–H groups in total. The van der Waals surface area contributed by atoms with Crippen molar-refractivity contribution in [1.29, 1.82) is 0 Å². The fourth-order valence-corrected chi connectivity index (χ4v) is 14.0. The first kappa shape index (κ1) is 138. The summed E-state index contributed by atoms with van der Waals surface area (Å²) in [6, 6.07) is 0. The first-order valence-corrected chi connectivity index (χ1v) is 51.7. The minimum atomic E-state index is -0.914. The molecule has 0 aliphatic rings. The molecule has 0 amide bonds. The van der Waals surface area contributed by atoms with Crippen LogP contribution in [0.3, 0.4) is 0 Å². The largest absolute Gasteiger partial charge is 2.00 e. The maximum absolute atomic E-state index is 10.2. The van der Waals surface area contributed by atoms with Gasteiger partial charge in [0.25, 0.3) is 0 Å². The van der Waals surface area contributed by atoms with E-state index in [9.17, 15) is 59.4 Å². The summed E-state index contributed by atoms with van der Waals surface area (Å²) in [5, 5.41) is 61.3. The summed E-state index contributed by atoms with van der Waals surface area (Å²) in [5.74, 6) is -5.49. The number of carbonyl (C=O) groups is 6. The maximum atomic E-state index is 10.2. The molecule has 0 unspecified atom stereocenters. The molecule has 0 saturated heterocycles. The van der Waals surface area contributed by atoms with E-state index in [0.29, 0.717) is 0 Å². The van der Waals surface area contributed by atoms with Crippen LogP contribution in [0, 0.1) is 0 Å². The normalized spacial score (nSPS) is 11.0. The molecule has 12 nitrogen and oxygen atoms in total. The molecular formula is C108H198CoFeMnO12. The number of carboxylic acid groups (broad SMARTS) is 6. The average Bonchev–Trinajstić information content (AvgIpc) is 1.20. The van der Waals surface area contributed by atoms with Crippen LogP contribution in [0.4, 0.5) is 0 Å². The third kappa shape index (κ3) is 166. The fraction of sp³-hybridized carbons (Fsp3) is 0.833. The number of carbonyl (C=O) groups excluding carboxylic acids is 6. The van der Waals surface area contributed by atoms with E-state index in [-0.39, 0.29) is 89.4 Å². The van der Waals surface area contributed by atoms with Crippen LogP contribution in [-0.2, 0) is 79.7 Å². The Labute approximate surface area is 794 Å². The molecule has 0 aromatic carbocycles. The molecule has 0 aliphatic carbocycles. The Morgan fingerprint density at radius 1 is 0.146 bits per heavy atom. The molecule has 0 saturated carbocycles. The van der Waals surface area contributed by atoms with Gasteiger partial charge in [-0.15, -0.1) is 0 Å². The third-order valence-corrected chi connectivity index (χ3v) is 21.9. The van der Waals surface area contributed by atoms with Gasteiger partial charge in [-0.3, -0.25) is 0 Å². The Bertz CT molecular complexity index is 1810. The molecule has 0 rings (SSSR count). The molecule has 0 atom stereocenters. The van der Waals surface area contributed by atoms with E-state index >= 15 is 0 Å². The quantitative estimate of drug-likeness (QED) is 0.0314. The van der Waals surface area contributed by atoms with Crippen LogP contribution in [0.25, 0.3) is 0 Å². The molecule has 0 aromatic heterocycles. The minimum Gasteiger partial charge on any atom is -0.550 e. The zero-order valence-corrected chi connectivity index (χ0v) is 84.6. The number of carboxylic acids is 6. The van der Waals surface area contributed by atoms with Crippen molar-refractivity contribution in [2.45, 2.75) is 581 Å². The van der Waals surface area contributed by atoms with Crippen molar-refractivity contribution in [3.63, 3.8) is 0 Å². The van der Waals surface area contributed by atoms with E-state index in [4.69, 9.17) is 0 Å². The van der Waals surface area contributed by atoms with Gasteiger partial charge in [0, 0.05) is 35.8 Å². The van der Waals surface area contributed by atoms with Gasteiger partial charge < -0.3 is 59.4 Å².